The fraction of sp³-hybridized carbons (Fsp3) is 0.562. The van der Waals surface area contributed by atoms with Gasteiger partial charge in [-0.2, -0.15) is 0 Å². The summed E-state index contributed by atoms with van der Waals surface area (Å²) in [7, 11) is 1.60. The second kappa shape index (κ2) is 6.64. The summed E-state index contributed by atoms with van der Waals surface area (Å²) in [6, 6.07) is 7.40. The van der Waals surface area contributed by atoms with Gasteiger partial charge in [-0.05, 0) is 37.8 Å². The third-order valence-electron chi connectivity index (χ3n) is 3.82. The van der Waals surface area contributed by atoms with E-state index in [1.54, 1.807) is 14.0 Å². The molecule has 1 aromatic carbocycles. The average Bonchev–Trinajstić information content (AvgIpc) is 2.48. The highest BCUT2D eigenvalue weighted by atomic mass is 16.5. The molecular formula is C16H23NO3. The van der Waals surface area contributed by atoms with Crippen LogP contribution in [0.2, 0.25) is 0 Å². The number of carbonyl (C=O) groups is 1. The van der Waals surface area contributed by atoms with Gasteiger partial charge in [-0.15, -0.1) is 0 Å². The predicted octanol–water partition coefficient (Wildman–Crippen LogP) is 2.72. The molecule has 1 heterocycles. The van der Waals surface area contributed by atoms with Crippen LogP contribution in [0.5, 0.6) is 11.5 Å². The first-order chi connectivity index (χ1) is 9.61. The molecule has 2 rings (SSSR count). The summed E-state index contributed by atoms with van der Waals surface area (Å²) >= 11 is 0. The lowest BCUT2D eigenvalue weighted by Crippen LogP contribution is -2.44. The molecule has 110 valence electrons. The van der Waals surface area contributed by atoms with E-state index >= 15 is 0 Å². The maximum absolute atomic E-state index is 12.4. The Morgan fingerprint density at radius 1 is 1.25 bits per heavy atom. The number of hydrogen-bond acceptors (Lipinski definition) is 3. The number of carbonyl (C=O) groups excluding carboxylic acids is 1. The third kappa shape index (κ3) is 3.44. The zero-order valence-corrected chi connectivity index (χ0v) is 12.5. The maximum atomic E-state index is 12.4. The number of piperidine rings is 1. The standard InChI is InChI=1S/C16H23NO3/c1-12-8-10-17(11-9-12)16(18)13(2)20-15-7-5-4-6-14(15)19-3/h4-7,12-13H,8-11H2,1-3H3/t13-/m0/s1. The molecule has 1 aliphatic rings. The van der Waals surface area contributed by atoms with E-state index in [9.17, 15) is 4.79 Å². The van der Waals surface area contributed by atoms with Crippen molar-refractivity contribution in [2.45, 2.75) is 32.8 Å². The number of ether oxygens (including phenoxy) is 2. The number of nitrogens with zero attached hydrogens (tertiary/aromatic N) is 1. The molecule has 1 amide bonds. The van der Waals surface area contributed by atoms with Gasteiger partial charge in [0.1, 0.15) is 0 Å². The lowest BCUT2D eigenvalue weighted by molar-refractivity contribution is -0.139. The first-order valence-electron chi connectivity index (χ1n) is 7.20. The number of hydrogen-bond donors (Lipinski definition) is 0. The second-order valence-corrected chi connectivity index (χ2v) is 5.42. The summed E-state index contributed by atoms with van der Waals surface area (Å²) in [5, 5.41) is 0. The monoisotopic (exact) mass is 277 g/mol. The van der Waals surface area contributed by atoms with Gasteiger partial charge in [0.05, 0.1) is 7.11 Å². The van der Waals surface area contributed by atoms with Crippen molar-refractivity contribution >= 4 is 5.91 Å². The summed E-state index contributed by atoms with van der Waals surface area (Å²) in [5.74, 6) is 2.04. The summed E-state index contributed by atoms with van der Waals surface area (Å²) < 4.78 is 11.0. The van der Waals surface area contributed by atoms with Crippen LogP contribution in [0.25, 0.3) is 0 Å². The molecule has 4 nitrogen and oxygen atoms in total. The molecule has 0 unspecified atom stereocenters. The van der Waals surface area contributed by atoms with Gasteiger partial charge in [-0.25, -0.2) is 0 Å². The van der Waals surface area contributed by atoms with Gasteiger partial charge >= 0.3 is 0 Å². The Hall–Kier alpha value is -1.71. The maximum Gasteiger partial charge on any atom is 0.263 e. The fourth-order valence-electron chi connectivity index (χ4n) is 2.44. The Balaban J connectivity index is 1.97. The van der Waals surface area contributed by atoms with Gasteiger partial charge in [-0.3, -0.25) is 4.79 Å². The van der Waals surface area contributed by atoms with Gasteiger partial charge in [-0.1, -0.05) is 19.1 Å². The van der Waals surface area contributed by atoms with E-state index in [4.69, 9.17) is 9.47 Å². The van der Waals surface area contributed by atoms with Gasteiger partial charge in [0.15, 0.2) is 17.6 Å². The Kier molecular flexibility index (Phi) is 4.88. The molecule has 0 aliphatic carbocycles. The van der Waals surface area contributed by atoms with E-state index in [-0.39, 0.29) is 5.91 Å². The van der Waals surface area contributed by atoms with Crippen LogP contribution < -0.4 is 9.47 Å². The van der Waals surface area contributed by atoms with Crippen LogP contribution in [0.1, 0.15) is 26.7 Å². The van der Waals surface area contributed by atoms with E-state index in [2.05, 4.69) is 6.92 Å². The second-order valence-electron chi connectivity index (χ2n) is 5.42. The SMILES string of the molecule is COc1ccccc1O[C@@H](C)C(=O)N1CCC(C)CC1. The predicted molar refractivity (Wildman–Crippen MR) is 78.1 cm³/mol. The van der Waals surface area contributed by atoms with E-state index in [1.165, 1.54) is 0 Å². The van der Waals surface area contributed by atoms with E-state index < -0.39 is 6.10 Å². The van der Waals surface area contributed by atoms with Crippen molar-refractivity contribution in [3.8, 4) is 11.5 Å². The minimum absolute atomic E-state index is 0.0582. The Morgan fingerprint density at radius 3 is 2.45 bits per heavy atom. The third-order valence-corrected chi connectivity index (χ3v) is 3.82. The number of rotatable bonds is 4. The molecule has 0 aromatic heterocycles. The molecule has 4 heteroatoms. The molecule has 0 bridgehead atoms. The zero-order chi connectivity index (χ0) is 14.5. The number of benzene rings is 1. The molecule has 0 saturated carbocycles. The first kappa shape index (κ1) is 14.7. The van der Waals surface area contributed by atoms with Gasteiger partial charge in [0.2, 0.25) is 0 Å². The van der Waals surface area contributed by atoms with Crippen molar-refractivity contribution in [1.82, 2.24) is 4.90 Å². The van der Waals surface area contributed by atoms with Gasteiger partial charge in [0.25, 0.3) is 5.91 Å². The molecular weight excluding hydrogens is 254 g/mol. The smallest absolute Gasteiger partial charge is 0.263 e. The van der Waals surface area contributed by atoms with E-state index in [1.807, 2.05) is 29.2 Å². The van der Waals surface area contributed by atoms with E-state index in [0.717, 1.165) is 25.9 Å². The Labute approximate surface area is 120 Å². The molecule has 1 aromatic rings. The molecule has 0 N–H and O–H groups in total. The molecule has 1 fully saturated rings. The lowest BCUT2D eigenvalue weighted by Gasteiger charge is -2.32. The molecule has 0 radical (unpaired) electrons. The van der Waals surface area contributed by atoms with E-state index in [0.29, 0.717) is 17.4 Å². The summed E-state index contributed by atoms with van der Waals surface area (Å²) in [5.41, 5.74) is 0. The van der Waals surface area contributed by atoms with Crippen molar-refractivity contribution in [1.29, 1.82) is 0 Å². The fourth-order valence-corrected chi connectivity index (χ4v) is 2.44. The van der Waals surface area contributed by atoms with Crippen molar-refractivity contribution < 1.29 is 14.3 Å². The lowest BCUT2D eigenvalue weighted by atomic mass is 9.99. The normalized spacial score (nSPS) is 17.6. The summed E-state index contributed by atoms with van der Waals surface area (Å²) in [6.07, 6.45) is 1.67. The van der Waals surface area contributed by atoms with Crippen LogP contribution in [0.15, 0.2) is 24.3 Å². The number of likely N-dealkylation sites (tertiary alicyclic amines) is 1. The molecule has 1 saturated heterocycles. The minimum atomic E-state index is -0.486. The Bertz CT molecular complexity index is 453. The molecule has 1 aliphatic heterocycles. The van der Waals surface area contributed by atoms with Gasteiger partial charge < -0.3 is 14.4 Å². The molecule has 20 heavy (non-hydrogen) atoms. The largest absolute Gasteiger partial charge is 0.493 e. The number of amides is 1. The van der Waals surface area contributed by atoms with Crippen molar-refractivity contribution in [3.05, 3.63) is 24.3 Å². The summed E-state index contributed by atoms with van der Waals surface area (Å²) in [4.78, 5) is 14.3. The van der Waals surface area contributed by atoms with Crippen LogP contribution >= 0.6 is 0 Å². The van der Waals surface area contributed by atoms with Crippen molar-refractivity contribution in [3.63, 3.8) is 0 Å². The zero-order valence-electron chi connectivity index (χ0n) is 12.5. The highest BCUT2D eigenvalue weighted by Gasteiger charge is 2.26. The topological polar surface area (TPSA) is 38.8 Å². The van der Waals surface area contributed by atoms with Crippen LogP contribution in [0.3, 0.4) is 0 Å². The van der Waals surface area contributed by atoms with Crippen molar-refractivity contribution in [2.75, 3.05) is 20.2 Å². The molecule has 0 spiro atoms. The Morgan fingerprint density at radius 2 is 1.85 bits per heavy atom. The van der Waals surface area contributed by atoms with Crippen molar-refractivity contribution in [2.24, 2.45) is 5.92 Å². The van der Waals surface area contributed by atoms with Crippen LogP contribution in [0.4, 0.5) is 0 Å². The average molecular weight is 277 g/mol. The highest BCUT2D eigenvalue weighted by Crippen LogP contribution is 2.27. The minimum Gasteiger partial charge on any atom is -0.493 e. The number of methoxy groups -OCH3 is 1. The first-order valence-corrected chi connectivity index (χ1v) is 7.20. The van der Waals surface area contributed by atoms with Crippen LogP contribution in [0, 0.1) is 5.92 Å². The van der Waals surface area contributed by atoms with Gasteiger partial charge in [0, 0.05) is 13.1 Å². The quantitative estimate of drug-likeness (QED) is 0.849. The number of para-hydroxylation sites is 2. The highest BCUT2D eigenvalue weighted by molar-refractivity contribution is 5.81. The van der Waals surface area contributed by atoms with Crippen LogP contribution in [-0.2, 0) is 4.79 Å². The summed E-state index contributed by atoms with van der Waals surface area (Å²) in [6.45, 7) is 5.70. The van der Waals surface area contributed by atoms with Crippen LogP contribution in [-0.4, -0.2) is 37.1 Å². The molecule has 1 atom stereocenters.